The zero-order valence-corrected chi connectivity index (χ0v) is 13.6. The molecule has 0 heterocycles. The number of benzene rings is 2. The first-order valence-corrected chi connectivity index (χ1v) is 7.84. The topological polar surface area (TPSA) is 26.3 Å². The average molecular weight is 333 g/mol. The highest BCUT2D eigenvalue weighted by Crippen LogP contribution is 2.22. The molecule has 2 aromatic carbocycles. The van der Waals surface area contributed by atoms with Crippen LogP contribution in [-0.2, 0) is 16.0 Å². The molecule has 0 aliphatic rings. The van der Waals surface area contributed by atoms with Crippen LogP contribution < -0.4 is 0 Å². The fourth-order valence-electron chi connectivity index (χ4n) is 2.25. The predicted octanol–water partition coefficient (Wildman–Crippen LogP) is 5.06. The average Bonchev–Trinajstić information content (AvgIpc) is 2.55. The van der Waals surface area contributed by atoms with Crippen molar-refractivity contribution in [3.8, 4) is 0 Å². The van der Waals surface area contributed by atoms with Gasteiger partial charge in [0, 0.05) is 6.08 Å². The molecule has 0 N–H and O–H groups in total. The molecule has 2 nitrogen and oxygen atoms in total. The summed E-state index contributed by atoms with van der Waals surface area (Å²) in [7, 11) is 0. The highest BCUT2D eigenvalue weighted by atomic mass is 35.5. The number of carbonyl (C=O) groups is 1. The molecule has 0 radical (unpaired) electrons. The van der Waals surface area contributed by atoms with Gasteiger partial charge in [0.2, 0.25) is 0 Å². The molecular formula is C19H18ClFO2. The van der Waals surface area contributed by atoms with Crippen LogP contribution in [0.2, 0.25) is 5.02 Å². The van der Waals surface area contributed by atoms with E-state index in [4.69, 9.17) is 16.3 Å². The second-order valence-electron chi connectivity index (χ2n) is 5.04. The maximum absolute atomic E-state index is 13.5. The molecule has 0 spiro atoms. The Hall–Kier alpha value is -2.13. The Morgan fingerprint density at radius 2 is 1.96 bits per heavy atom. The van der Waals surface area contributed by atoms with Crippen molar-refractivity contribution in [2.24, 2.45) is 0 Å². The summed E-state index contributed by atoms with van der Waals surface area (Å²) in [5.74, 6) is -0.798. The normalized spacial score (nSPS) is 11.3. The minimum atomic E-state index is -0.431. The van der Waals surface area contributed by atoms with Crippen molar-refractivity contribution in [1.82, 2.24) is 0 Å². The van der Waals surface area contributed by atoms with E-state index in [1.54, 1.807) is 19.1 Å². The minimum absolute atomic E-state index is 0.110. The first-order valence-electron chi connectivity index (χ1n) is 7.47. The van der Waals surface area contributed by atoms with Crippen molar-refractivity contribution < 1.29 is 13.9 Å². The van der Waals surface area contributed by atoms with E-state index in [-0.39, 0.29) is 11.0 Å². The van der Waals surface area contributed by atoms with Crippen molar-refractivity contribution in [3.05, 3.63) is 76.6 Å². The monoisotopic (exact) mass is 332 g/mol. The molecule has 2 aromatic rings. The Bertz CT molecular complexity index is 696. The van der Waals surface area contributed by atoms with E-state index in [9.17, 15) is 9.18 Å². The molecule has 23 heavy (non-hydrogen) atoms. The molecular weight excluding hydrogens is 315 g/mol. The summed E-state index contributed by atoms with van der Waals surface area (Å²) in [5.41, 5.74) is 2.65. The number of aryl methyl sites for hydroxylation is 1. The van der Waals surface area contributed by atoms with Crippen LogP contribution in [-0.4, -0.2) is 12.6 Å². The lowest BCUT2D eigenvalue weighted by Gasteiger charge is -2.09. The molecule has 0 amide bonds. The Labute approximate surface area is 140 Å². The molecule has 0 aromatic heterocycles. The van der Waals surface area contributed by atoms with E-state index in [0.29, 0.717) is 19.4 Å². The SMILES string of the molecule is CCOC(=O)/C=C(\CCc1ccc(Cl)c(F)c1)c1ccccc1. The molecule has 0 bridgehead atoms. The summed E-state index contributed by atoms with van der Waals surface area (Å²) in [6.45, 7) is 2.10. The van der Waals surface area contributed by atoms with Crippen LogP contribution >= 0.6 is 11.6 Å². The van der Waals surface area contributed by atoms with E-state index < -0.39 is 5.82 Å². The summed E-state index contributed by atoms with van der Waals surface area (Å²) in [6, 6.07) is 14.4. The maximum Gasteiger partial charge on any atom is 0.331 e. The van der Waals surface area contributed by atoms with Crippen LogP contribution in [0.25, 0.3) is 5.57 Å². The van der Waals surface area contributed by atoms with Crippen LogP contribution in [0.3, 0.4) is 0 Å². The quantitative estimate of drug-likeness (QED) is 0.546. The Morgan fingerprint density at radius 1 is 1.22 bits per heavy atom. The van der Waals surface area contributed by atoms with Crippen LogP contribution in [0.1, 0.15) is 24.5 Å². The lowest BCUT2D eigenvalue weighted by Crippen LogP contribution is -2.02. The number of rotatable bonds is 6. The number of halogens is 2. The van der Waals surface area contributed by atoms with Gasteiger partial charge in [-0.1, -0.05) is 48.0 Å². The van der Waals surface area contributed by atoms with E-state index in [1.165, 1.54) is 12.1 Å². The molecule has 0 atom stereocenters. The second-order valence-corrected chi connectivity index (χ2v) is 5.44. The van der Waals surface area contributed by atoms with E-state index >= 15 is 0 Å². The fraction of sp³-hybridized carbons (Fsp3) is 0.211. The molecule has 0 fully saturated rings. The van der Waals surface area contributed by atoms with Gasteiger partial charge in [0.15, 0.2) is 0 Å². The van der Waals surface area contributed by atoms with Gasteiger partial charge in [-0.3, -0.25) is 0 Å². The van der Waals surface area contributed by atoms with Gasteiger partial charge in [-0.05, 0) is 48.6 Å². The van der Waals surface area contributed by atoms with Crippen molar-refractivity contribution >= 4 is 23.1 Å². The third-order valence-corrected chi connectivity index (χ3v) is 3.70. The second kappa shape index (κ2) is 8.49. The third-order valence-electron chi connectivity index (χ3n) is 3.39. The Kier molecular flexibility index (Phi) is 6.36. The van der Waals surface area contributed by atoms with Gasteiger partial charge in [-0.2, -0.15) is 0 Å². The number of allylic oxidation sites excluding steroid dienone is 1. The Morgan fingerprint density at radius 3 is 2.61 bits per heavy atom. The maximum atomic E-state index is 13.5. The first-order chi connectivity index (χ1) is 11.1. The van der Waals surface area contributed by atoms with Gasteiger partial charge in [0.25, 0.3) is 0 Å². The van der Waals surface area contributed by atoms with Crippen molar-refractivity contribution in [3.63, 3.8) is 0 Å². The van der Waals surface area contributed by atoms with Gasteiger partial charge in [0.1, 0.15) is 5.82 Å². The molecule has 0 aliphatic carbocycles. The highest BCUT2D eigenvalue weighted by Gasteiger charge is 2.07. The summed E-state index contributed by atoms with van der Waals surface area (Å²) in [6.07, 6.45) is 2.71. The number of hydrogen-bond acceptors (Lipinski definition) is 2. The number of esters is 1. The molecule has 0 aliphatic heterocycles. The van der Waals surface area contributed by atoms with Gasteiger partial charge in [0.05, 0.1) is 11.6 Å². The molecule has 120 valence electrons. The van der Waals surface area contributed by atoms with E-state index in [0.717, 1.165) is 16.7 Å². The van der Waals surface area contributed by atoms with Crippen LogP contribution in [0.4, 0.5) is 4.39 Å². The van der Waals surface area contributed by atoms with Gasteiger partial charge in [-0.15, -0.1) is 0 Å². The van der Waals surface area contributed by atoms with Gasteiger partial charge < -0.3 is 4.74 Å². The van der Waals surface area contributed by atoms with Crippen molar-refractivity contribution in [2.75, 3.05) is 6.61 Å². The minimum Gasteiger partial charge on any atom is -0.463 e. The largest absolute Gasteiger partial charge is 0.463 e. The van der Waals surface area contributed by atoms with Crippen molar-refractivity contribution in [2.45, 2.75) is 19.8 Å². The van der Waals surface area contributed by atoms with E-state index in [2.05, 4.69) is 0 Å². The first kappa shape index (κ1) is 17.2. The highest BCUT2D eigenvalue weighted by molar-refractivity contribution is 6.30. The van der Waals surface area contributed by atoms with Gasteiger partial charge in [-0.25, -0.2) is 9.18 Å². The van der Waals surface area contributed by atoms with Crippen LogP contribution in [0, 0.1) is 5.82 Å². The van der Waals surface area contributed by atoms with E-state index in [1.807, 2.05) is 30.3 Å². The number of ether oxygens (including phenoxy) is 1. The lowest BCUT2D eigenvalue weighted by atomic mass is 9.98. The fourth-order valence-corrected chi connectivity index (χ4v) is 2.37. The van der Waals surface area contributed by atoms with Crippen LogP contribution in [0.15, 0.2) is 54.6 Å². The molecule has 2 rings (SSSR count). The lowest BCUT2D eigenvalue weighted by molar-refractivity contribution is -0.137. The predicted molar refractivity (Wildman–Crippen MR) is 90.8 cm³/mol. The molecule has 0 unspecified atom stereocenters. The Balaban J connectivity index is 2.17. The standard InChI is InChI=1S/C19H18ClFO2/c1-2-23-19(22)13-16(15-6-4-3-5-7-15)10-8-14-9-11-17(20)18(21)12-14/h3-7,9,11-13H,2,8,10H2,1H3/b16-13+. The molecule has 0 saturated heterocycles. The van der Waals surface area contributed by atoms with Crippen LogP contribution in [0.5, 0.6) is 0 Å². The third kappa shape index (κ3) is 5.22. The number of hydrogen-bond donors (Lipinski definition) is 0. The van der Waals surface area contributed by atoms with Crippen molar-refractivity contribution in [1.29, 1.82) is 0 Å². The zero-order valence-electron chi connectivity index (χ0n) is 12.9. The summed E-state index contributed by atoms with van der Waals surface area (Å²) in [5, 5.41) is 0.110. The smallest absolute Gasteiger partial charge is 0.331 e. The summed E-state index contributed by atoms with van der Waals surface area (Å²) >= 11 is 5.70. The zero-order chi connectivity index (χ0) is 16.7. The number of carbonyl (C=O) groups excluding carboxylic acids is 1. The van der Waals surface area contributed by atoms with Gasteiger partial charge >= 0.3 is 5.97 Å². The summed E-state index contributed by atoms with van der Waals surface area (Å²) in [4.78, 5) is 11.8. The molecule has 4 heteroatoms. The summed E-state index contributed by atoms with van der Waals surface area (Å²) < 4.78 is 18.5. The molecule has 0 saturated carbocycles.